The second-order valence-electron chi connectivity index (χ2n) is 8.59. The molecule has 1 N–H and O–H groups in total. The highest BCUT2D eigenvalue weighted by Gasteiger charge is 2.40. The molecule has 2 aromatic heterocycles. The normalized spacial score (nSPS) is 23.2. The van der Waals surface area contributed by atoms with E-state index >= 15 is 0 Å². The number of rotatable bonds is 7. The van der Waals surface area contributed by atoms with Gasteiger partial charge in [-0.1, -0.05) is 12.1 Å². The minimum atomic E-state index is 0.0874. The van der Waals surface area contributed by atoms with Gasteiger partial charge in [0.1, 0.15) is 17.4 Å². The number of ether oxygens (including phenoxy) is 1. The van der Waals surface area contributed by atoms with Gasteiger partial charge in [-0.2, -0.15) is 0 Å². The van der Waals surface area contributed by atoms with Gasteiger partial charge in [-0.05, 0) is 55.5 Å². The predicted octanol–water partition coefficient (Wildman–Crippen LogP) is 3.79. The van der Waals surface area contributed by atoms with E-state index in [-0.39, 0.29) is 5.91 Å². The number of aromatic nitrogens is 2. The van der Waals surface area contributed by atoms with E-state index in [0.717, 1.165) is 46.9 Å². The van der Waals surface area contributed by atoms with Gasteiger partial charge in [0.25, 0.3) is 0 Å². The zero-order chi connectivity index (χ0) is 21.2. The molecule has 2 fully saturated rings. The number of pyridine rings is 1. The summed E-state index contributed by atoms with van der Waals surface area (Å²) in [5.74, 6) is 1.000. The first-order valence-electron chi connectivity index (χ1n) is 11.1. The van der Waals surface area contributed by atoms with Gasteiger partial charge in [0.05, 0.1) is 4.70 Å². The second kappa shape index (κ2) is 8.93. The summed E-state index contributed by atoms with van der Waals surface area (Å²) in [5, 5.41) is 4.19. The van der Waals surface area contributed by atoms with Crippen LogP contribution in [0.4, 0.5) is 0 Å². The van der Waals surface area contributed by atoms with Gasteiger partial charge in [0.2, 0.25) is 5.91 Å². The molecule has 7 heteroatoms. The van der Waals surface area contributed by atoms with Gasteiger partial charge in [-0.25, -0.2) is 9.97 Å². The SMILES string of the molecule is CC(=O)NC1C[C@H]2CC[C@@H](C1)N2CCOc1ccc(Cc2nc3ncccc3s2)cc1. The number of nitrogens with zero attached hydrogens (tertiary/aromatic N) is 3. The smallest absolute Gasteiger partial charge is 0.217 e. The summed E-state index contributed by atoms with van der Waals surface area (Å²) in [6, 6.07) is 13.9. The van der Waals surface area contributed by atoms with E-state index in [2.05, 4.69) is 50.5 Å². The summed E-state index contributed by atoms with van der Waals surface area (Å²) in [6.45, 7) is 3.26. The molecule has 31 heavy (non-hydrogen) atoms. The number of carbonyl (C=O) groups is 1. The Hall–Kier alpha value is -2.51. The van der Waals surface area contributed by atoms with Crippen molar-refractivity contribution < 1.29 is 9.53 Å². The highest BCUT2D eigenvalue weighted by atomic mass is 32.1. The van der Waals surface area contributed by atoms with Crippen molar-refractivity contribution >= 4 is 27.6 Å². The molecule has 0 saturated carbocycles. The summed E-state index contributed by atoms with van der Waals surface area (Å²) in [7, 11) is 0. The third kappa shape index (κ3) is 4.72. The molecule has 1 aromatic carbocycles. The van der Waals surface area contributed by atoms with Crippen LogP contribution in [-0.4, -0.2) is 52.1 Å². The quantitative estimate of drug-likeness (QED) is 0.610. The zero-order valence-electron chi connectivity index (χ0n) is 17.8. The number of carbonyl (C=O) groups excluding carboxylic acids is 1. The Bertz CT molecular complexity index is 1000. The maximum absolute atomic E-state index is 11.4. The van der Waals surface area contributed by atoms with Crippen molar-refractivity contribution in [1.82, 2.24) is 20.2 Å². The van der Waals surface area contributed by atoms with Crippen molar-refractivity contribution in [1.29, 1.82) is 0 Å². The third-order valence-electron chi connectivity index (χ3n) is 6.40. The number of hydrogen-bond donors (Lipinski definition) is 1. The van der Waals surface area contributed by atoms with Crippen LogP contribution in [-0.2, 0) is 11.2 Å². The zero-order valence-corrected chi connectivity index (χ0v) is 18.6. The van der Waals surface area contributed by atoms with Gasteiger partial charge in [0, 0.05) is 44.2 Å². The summed E-state index contributed by atoms with van der Waals surface area (Å²) < 4.78 is 7.18. The number of hydrogen-bond acceptors (Lipinski definition) is 6. The summed E-state index contributed by atoms with van der Waals surface area (Å²) >= 11 is 1.70. The molecular formula is C24H28N4O2S. The highest BCUT2D eigenvalue weighted by Crippen LogP contribution is 2.35. The minimum Gasteiger partial charge on any atom is -0.492 e. The Kier molecular flexibility index (Phi) is 5.87. The third-order valence-corrected chi connectivity index (χ3v) is 7.41. The monoisotopic (exact) mass is 436 g/mol. The lowest BCUT2D eigenvalue weighted by molar-refractivity contribution is -0.120. The number of nitrogens with one attached hydrogen (secondary N) is 1. The van der Waals surface area contributed by atoms with Crippen molar-refractivity contribution in [2.45, 2.75) is 57.2 Å². The number of thiazole rings is 1. The van der Waals surface area contributed by atoms with E-state index < -0.39 is 0 Å². The van der Waals surface area contributed by atoms with Gasteiger partial charge < -0.3 is 10.1 Å². The first-order valence-corrected chi connectivity index (χ1v) is 11.9. The Morgan fingerprint density at radius 3 is 2.68 bits per heavy atom. The van der Waals surface area contributed by atoms with E-state index in [0.29, 0.717) is 24.7 Å². The van der Waals surface area contributed by atoms with E-state index in [4.69, 9.17) is 4.74 Å². The maximum Gasteiger partial charge on any atom is 0.217 e. The van der Waals surface area contributed by atoms with Gasteiger partial charge in [-0.15, -0.1) is 11.3 Å². The van der Waals surface area contributed by atoms with Crippen molar-refractivity contribution in [2.75, 3.05) is 13.2 Å². The molecule has 0 spiro atoms. The molecule has 3 aromatic rings. The van der Waals surface area contributed by atoms with Crippen molar-refractivity contribution in [3.63, 3.8) is 0 Å². The van der Waals surface area contributed by atoms with Crippen LogP contribution in [0, 0.1) is 0 Å². The largest absolute Gasteiger partial charge is 0.492 e. The highest BCUT2D eigenvalue weighted by molar-refractivity contribution is 7.18. The van der Waals surface area contributed by atoms with Crippen molar-refractivity contribution in [2.24, 2.45) is 0 Å². The minimum absolute atomic E-state index is 0.0874. The fourth-order valence-corrected chi connectivity index (χ4v) is 6.04. The average Bonchev–Trinajstić information content (AvgIpc) is 3.26. The molecule has 2 bridgehead atoms. The Balaban J connectivity index is 1.11. The Morgan fingerprint density at radius 2 is 1.97 bits per heavy atom. The molecule has 2 saturated heterocycles. The van der Waals surface area contributed by atoms with Crippen LogP contribution >= 0.6 is 11.3 Å². The van der Waals surface area contributed by atoms with Gasteiger partial charge in [-0.3, -0.25) is 9.69 Å². The summed E-state index contributed by atoms with van der Waals surface area (Å²) in [4.78, 5) is 22.9. The topological polar surface area (TPSA) is 67.4 Å². The van der Waals surface area contributed by atoms with E-state index in [1.165, 1.54) is 18.4 Å². The van der Waals surface area contributed by atoms with Crippen LogP contribution in [0.2, 0.25) is 0 Å². The predicted molar refractivity (Wildman–Crippen MR) is 123 cm³/mol. The maximum atomic E-state index is 11.4. The molecule has 1 amide bonds. The molecular weight excluding hydrogens is 408 g/mol. The standard InChI is InChI=1S/C24H28N4O2S/c1-16(29)26-18-14-19-6-7-20(15-18)28(19)11-12-30-21-8-4-17(5-9-21)13-23-27-24-22(31-23)3-2-10-25-24/h2-5,8-10,18-20H,6-7,11-15H2,1H3,(H,26,29)/t18?,19-,20+. The van der Waals surface area contributed by atoms with Gasteiger partial charge >= 0.3 is 0 Å². The first kappa shape index (κ1) is 20.4. The lowest BCUT2D eigenvalue weighted by Crippen LogP contribution is -2.51. The first-order chi connectivity index (χ1) is 15.1. The molecule has 5 rings (SSSR count). The molecule has 1 unspecified atom stereocenters. The van der Waals surface area contributed by atoms with E-state index in [1.54, 1.807) is 24.5 Å². The van der Waals surface area contributed by atoms with E-state index in [1.807, 2.05) is 6.07 Å². The van der Waals surface area contributed by atoms with Crippen LogP contribution in [0.3, 0.4) is 0 Å². The molecule has 2 aliphatic heterocycles. The number of fused-ring (bicyclic) bond motifs is 3. The molecule has 2 aliphatic rings. The van der Waals surface area contributed by atoms with Gasteiger partial charge in [0.15, 0.2) is 5.65 Å². The second-order valence-corrected chi connectivity index (χ2v) is 9.71. The lowest BCUT2D eigenvalue weighted by atomic mass is 9.97. The number of piperidine rings is 1. The molecule has 0 aliphatic carbocycles. The van der Waals surface area contributed by atoms with Crippen LogP contribution in [0.15, 0.2) is 42.6 Å². The van der Waals surface area contributed by atoms with Crippen LogP contribution in [0.5, 0.6) is 5.75 Å². The van der Waals surface area contributed by atoms with Crippen LogP contribution in [0.25, 0.3) is 10.3 Å². The fourth-order valence-electron chi connectivity index (χ4n) is 5.08. The summed E-state index contributed by atoms with van der Waals surface area (Å²) in [5.41, 5.74) is 2.06. The fraction of sp³-hybridized carbons (Fsp3) is 0.458. The molecule has 6 nitrogen and oxygen atoms in total. The molecule has 3 atom stereocenters. The summed E-state index contributed by atoms with van der Waals surface area (Å²) in [6.07, 6.45) is 7.19. The Labute approximate surface area is 186 Å². The van der Waals surface area contributed by atoms with Crippen molar-refractivity contribution in [3.8, 4) is 5.75 Å². The van der Waals surface area contributed by atoms with Crippen LogP contribution in [0.1, 0.15) is 43.2 Å². The lowest BCUT2D eigenvalue weighted by Gasteiger charge is -2.39. The van der Waals surface area contributed by atoms with Crippen LogP contribution < -0.4 is 10.1 Å². The Morgan fingerprint density at radius 1 is 1.19 bits per heavy atom. The number of benzene rings is 1. The molecule has 4 heterocycles. The number of amides is 1. The average molecular weight is 437 g/mol. The molecule has 0 radical (unpaired) electrons. The van der Waals surface area contributed by atoms with E-state index in [9.17, 15) is 4.79 Å². The molecule has 162 valence electrons. The van der Waals surface area contributed by atoms with Crippen molar-refractivity contribution in [3.05, 3.63) is 53.2 Å².